The van der Waals surface area contributed by atoms with E-state index in [-0.39, 0.29) is 0 Å². The van der Waals surface area contributed by atoms with E-state index in [0.29, 0.717) is 0 Å². The topological polar surface area (TPSA) is 49.7 Å². The average Bonchev–Trinajstić information content (AvgIpc) is 2.26. The Labute approximate surface area is 89.2 Å². The zero-order valence-electron chi connectivity index (χ0n) is 8.25. The third-order valence-corrected chi connectivity index (χ3v) is 1.96. The predicted molar refractivity (Wildman–Crippen MR) is 50.7 cm³/mol. The number of rotatable bonds is 2. The van der Waals surface area contributed by atoms with Crippen LogP contribution in [0.5, 0.6) is 0 Å². The Morgan fingerprint density at radius 1 is 1.31 bits per heavy atom. The average molecular weight is 231 g/mol. The van der Waals surface area contributed by atoms with E-state index in [4.69, 9.17) is 5.21 Å². The molecule has 1 aromatic carbocycles. The molecule has 0 saturated carbocycles. The second-order valence-corrected chi connectivity index (χ2v) is 3.06. The quantitative estimate of drug-likeness (QED) is 0.368. The predicted octanol–water partition coefficient (Wildman–Crippen LogP) is 2.74. The number of hydrogen-bond acceptors (Lipinski definition) is 3. The molecule has 0 bridgehead atoms. The van der Waals surface area contributed by atoms with Gasteiger partial charge in [0, 0.05) is 5.56 Å². The SMILES string of the molecule is CC(=NO)C(=O)c1ccccc1C(F)(F)F. The summed E-state index contributed by atoms with van der Waals surface area (Å²) >= 11 is 0. The highest BCUT2D eigenvalue weighted by Crippen LogP contribution is 2.32. The molecule has 0 amide bonds. The standard InChI is InChI=1S/C10H8F3NO2/c1-6(14-16)9(15)7-4-2-3-5-8(7)10(11,12)13/h2-5,16H,1H3. The number of Topliss-reactive ketones (excluding diaryl/α,β-unsaturated/α-hetero) is 1. The van der Waals surface area contributed by atoms with Crippen molar-refractivity contribution in [1.82, 2.24) is 0 Å². The largest absolute Gasteiger partial charge is 0.417 e. The number of ketones is 1. The van der Waals surface area contributed by atoms with E-state index < -0.39 is 28.8 Å². The Kier molecular flexibility index (Phi) is 3.31. The summed E-state index contributed by atoms with van der Waals surface area (Å²) in [6, 6.07) is 4.34. The van der Waals surface area contributed by atoms with Crippen LogP contribution in [-0.2, 0) is 6.18 Å². The number of oxime groups is 1. The first-order chi connectivity index (χ1) is 7.38. The van der Waals surface area contributed by atoms with Gasteiger partial charge in [-0.05, 0) is 13.0 Å². The maximum Gasteiger partial charge on any atom is 0.417 e. The molecule has 86 valence electrons. The first-order valence-electron chi connectivity index (χ1n) is 4.27. The Balaban J connectivity index is 3.30. The zero-order chi connectivity index (χ0) is 12.3. The van der Waals surface area contributed by atoms with Gasteiger partial charge in [0.1, 0.15) is 5.71 Å². The molecular weight excluding hydrogens is 223 g/mol. The molecule has 1 N–H and O–H groups in total. The zero-order valence-corrected chi connectivity index (χ0v) is 8.25. The van der Waals surface area contributed by atoms with Gasteiger partial charge in [0.2, 0.25) is 5.78 Å². The van der Waals surface area contributed by atoms with E-state index in [1.54, 1.807) is 0 Å². The third-order valence-electron chi connectivity index (χ3n) is 1.96. The molecule has 0 spiro atoms. The molecule has 1 aromatic rings. The fourth-order valence-electron chi connectivity index (χ4n) is 1.17. The molecule has 0 unspecified atom stereocenters. The van der Waals surface area contributed by atoms with Gasteiger partial charge in [0.15, 0.2) is 0 Å². The van der Waals surface area contributed by atoms with Crippen molar-refractivity contribution in [3.63, 3.8) is 0 Å². The van der Waals surface area contributed by atoms with Gasteiger partial charge in [-0.2, -0.15) is 13.2 Å². The van der Waals surface area contributed by atoms with E-state index in [1.807, 2.05) is 0 Å². The van der Waals surface area contributed by atoms with Gasteiger partial charge in [-0.15, -0.1) is 0 Å². The van der Waals surface area contributed by atoms with E-state index in [1.165, 1.54) is 12.1 Å². The molecule has 16 heavy (non-hydrogen) atoms. The lowest BCUT2D eigenvalue weighted by atomic mass is 10.0. The first kappa shape index (κ1) is 12.2. The highest BCUT2D eigenvalue weighted by molar-refractivity contribution is 6.45. The van der Waals surface area contributed by atoms with Crippen LogP contribution in [0.1, 0.15) is 22.8 Å². The van der Waals surface area contributed by atoms with Crippen molar-refractivity contribution >= 4 is 11.5 Å². The van der Waals surface area contributed by atoms with Crippen molar-refractivity contribution < 1.29 is 23.2 Å². The molecule has 0 radical (unpaired) electrons. The molecule has 0 aliphatic heterocycles. The van der Waals surface area contributed by atoms with Crippen LogP contribution < -0.4 is 0 Å². The first-order valence-corrected chi connectivity index (χ1v) is 4.27. The fraction of sp³-hybridized carbons (Fsp3) is 0.200. The van der Waals surface area contributed by atoms with Crippen LogP contribution >= 0.6 is 0 Å². The number of hydrogen-bond donors (Lipinski definition) is 1. The van der Waals surface area contributed by atoms with Crippen LogP contribution in [-0.4, -0.2) is 16.7 Å². The van der Waals surface area contributed by atoms with Gasteiger partial charge < -0.3 is 5.21 Å². The molecule has 0 aromatic heterocycles. The molecule has 0 fully saturated rings. The monoisotopic (exact) mass is 231 g/mol. The van der Waals surface area contributed by atoms with Gasteiger partial charge in [-0.3, -0.25) is 4.79 Å². The van der Waals surface area contributed by atoms with Gasteiger partial charge in [-0.25, -0.2) is 0 Å². The van der Waals surface area contributed by atoms with E-state index in [2.05, 4.69) is 5.16 Å². The molecule has 6 heteroatoms. The van der Waals surface area contributed by atoms with Crippen LogP contribution in [0, 0.1) is 0 Å². The lowest BCUT2D eigenvalue weighted by Gasteiger charge is -2.10. The molecule has 0 heterocycles. The minimum atomic E-state index is -4.61. The number of halogens is 3. The minimum Gasteiger partial charge on any atom is -0.411 e. The van der Waals surface area contributed by atoms with Crippen LogP contribution in [0.4, 0.5) is 13.2 Å². The molecule has 0 aliphatic rings. The minimum absolute atomic E-state index is 0.392. The van der Waals surface area contributed by atoms with Gasteiger partial charge in [0.25, 0.3) is 0 Å². The third kappa shape index (κ3) is 2.39. The molecular formula is C10H8F3NO2. The van der Waals surface area contributed by atoms with E-state index >= 15 is 0 Å². The second kappa shape index (κ2) is 4.34. The Bertz CT molecular complexity index is 438. The Morgan fingerprint density at radius 2 is 1.88 bits per heavy atom. The molecule has 0 aliphatic carbocycles. The number of alkyl halides is 3. The summed E-state index contributed by atoms with van der Waals surface area (Å²) in [5.74, 6) is -0.949. The molecule has 0 atom stereocenters. The Morgan fingerprint density at radius 3 is 2.38 bits per heavy atom. The smallest absolute Gasteiger partial charge is 0.411 e. The summed E-state index contributed by atoms with van der Waals surface area (Å²) in [6.45, 7) is 1.13. The van der Waals surface area contributed by atoms with Crippen LogP contribution in [0.15, 0.2) is 29.4 Å². The highest BCUT2D eigenvalue weighted by atomic mass is 19.4. The van der Waals surface area contributed by atoms with Crippen molar-refractivity contribution in [1.29, 1.82) is 0 Å². The van der Waals surface area contributed by atoms with Crippen molar-refractivity contribution in [3.8, 4) is 0 Å². The lowest BCUT2D eigenvalue weighted by Crippen LogP contribution is -2.17. The number of carbonyl (C=O) groups excluding carboxylic acids is 1. The number of nitrogens with zero attached hydrogens (tertiary/aromatic N) is 1. The van der Waals surface area contributed by atoms with Crippen LogP contribution in [0.3, 0.4) is 0 Å². The Hall–Kier alpha value is -1.85. The number of carbonyl (C=O) groups is 1. The van der Waals surface area contributed by atoms with Gasteiger partial charge in [-0.1, -0.05) is 23.4 Å². The van der Waals surface area contributed by atoms with Crippen molar-refractivity contribution in [3.05, 3.63) is 35.4 Å². The number of benzene rings is 1. The maximum atomic E-state index is 12.5. The molecule has 1 rings (SSSR count). The van der Waals surface area contributed by atoms with Crippen molar-refractivity contribution in [2.24, 2.45) is 5.16 Å². The van der Waals surface area contributed by atoms with E-state index in [0.717, 1.165) is 19.1 Å². The summed E-state index contributed by atoms with van der Waals surface area (Å²) in [5, 5.41) is 10.9. The fourth-order valence-corrected chi connectivity index (χ4v) is 1.17. The normalized spacial score (nSPS) is 12.6. The van der Waals surface area contributed by atoms with E-state index in [9.17, 15) is 18.0 Å². The summed E-state index contributed by atoms with van der Waals surface area (Å²) in [6.07, 6.45) is -4.61. The molecule has 3 nitrogen and oxygen atoms in total. The van der Waals surface area contributed by atoms with Crippen molar-refractivity contribution in [2.45, 2.75) is 13.1 Å². The summed E-state index contributed by atoms with van der Waals surface area (Å²) in [4.78, 5) is 11.5. The second-order valence-electron chi connectivity index (χ2n) is 3.06. The summed E-state index contributed by atoms with van der Waals surface area (Å²) in [5.41, 5.74) is -1.95. The van der Waals surface area contributed by atoms with Crippen molar-refractivity contribution in [2.75, 3.05) is 0 Å². The molecule has 0 saturated heterocycles. The summed E-state index contributed by atoms with van der Waals surface area (Å²) in [7, 11) is 0. The lowest BCUT2D eigenvalue weighted by molar-refractivity contribution is -0.137. The highest BCUT2D eigenvalue weighted by Gasteiger charge is 2.35. The van der Waals surface area contributed by atoms with Gasteiger partial charge in [0.05, 0.1) is 5.56 Å². The van der Waals surface area contributed by atoms with Crippen LogP contribution in [0.2, 0.25) is 0 Å². The summed E-state index contributed by atoms with van der Waals surface area (Å²) < 4.78 is 37.6. The van der Waals surface area contributed by atoms with Crippen LogP contribution in [0.25, 0.3) is 0 Å². The maximum absolute atomic E-state index is 12.5. The van der Waals surface area contributed by atoms with Gasteiger partial charge >= 0.3 is 6.18 Å².